The van der Waals surface area contributed by atoms with E-state index in [1.54, 1.807) is 14.2 Å². The lowest BCUT2D eigenvalue weighted by Gasteiger charge is -2.28. The number of nitrogens with zero attached hydrogens (tertiary/aromatic N) is 1. The van der Waals surface area contributed by atoms with Gasteiger partial charge < -0.3 is 9.47 Å². The predicted molar refractivity (Wildman–Crippen MR) is 102 cm³/mol. The molecule has 0 fully saturated rings. The fourth-order valence-corrected chi connectivity index (χ4v) is 3.29. The Balaban J connectivity index is 2.64. The lowest BCUT2D eigenvalue weighted by Crippen LogP contribution is -2.32. The number of carbonyl (C=O) groups excluding carboxylic acids is 2. The fourth-order valence-electron chi connectivity index (χ4n) is 3.29. The molecule has 1 aliphatic rings. The standard InChI is InChI=1S/C21H29NO4/c1-13(2)16-11-15(18(26-6)9-10-25-5)12-17(14(3)4)21(16)22-19(23)7-8-20(22)24/h7-8,11-14,18H,9-10H2,1-6H3. The van der Waals surface area contributed by atoms with Crippen LogP contribution in [-0.2, 0) is 19.1 Å². The molecule has 0 bridgehead atoms. The smallest absolute Gasteiger partial charge is 0.258 e. The minimum atomic E-state index is -0.283. The normalized spacial score (nSPS) is 15.6. The van der Waals surface area contributed by atoms with E-state index >= 15 is 0 Å². The Morgan fingerprint density at radius 2 is 1.42 bits per heavy atom. The summed E-state index contributed by atoms with van der Waals surface area (Å²) in [5.74, 6) is -0.254. The number of hydrogen-bond donors (Lipinski definition) is 0. The van der Waals surface area contributed by atoms with Gasteiger partial charge in [0.1, 0.15) is 0 Å². The van der Waals surface area contributed by atoms with E-state index in [1.807, 2.05) is 0 Å². The summed E-state index contributed by atoms with van der Waals surface area (Å²) in [6, 6.07) is 4.13. The van der Waals surface area contributed by atoms with Crippen molar-refractivity contribution < 1.29 is 19.1 Å². The van der Waals surface area contributed by atoms with Gasteiger partial charge >= 0.3 is 0 Å². The Labute approximate surface area is 156 Å². The van der Waals surface area contributed by atoms with Crippen molar-refractivity contribution in [3.05, 3.63) is 41.0 Å². The highest BCUT2D eigenvalue weighted by atomic mass is 16.5. The molecule has 0 aliphatic carbocycles. The summed E-state index contributed by atoms with van der Waals surface area (Å²) in [5, 5.41) is 0. The van der Waals surface area contributed by atoms with Crippen molar-refractivity contribution in [2.24, 2.45) is 0 Å². The van der Waals surface area contributed by atoms with Gasteiger partial charge in [0.25, 0.3) is 11.8 Å². The second kappa shape index (κ2) is 8.60. The first-order valence-corrected chi connectivity index (χ1v) is 9.07. The lowest BCUT2D eigenvalue weighted by molar-refractivity contribution is -0.120. The topological polar surface area (TPSA) is 55.8 Å². The van der Waals surface area contributed by atoms with Crippen molar-refractivity contribution >= 4 is 17.5 Å². The minimum absolute atomic E-state index is 0.0953. The monoisotopic (exact) mass is 359 g/mol. The van der Waals surface area contributed by atoms with Gasteiger partial charge in [-0.3, -0.25) is 9.59 Å². The Kier molecular flexibility index (Phi) is 6.73. The van der Waals surface area contributed by atoms with E-state index in [1.165, 1.54) is 17.1 Å². The molecule has 1 aliphatic heterocycles. The number of anilines is 1. The van der Waals surface area contributed by atoms with E-state index in [-0.39, 0.29) is 29.8 Å². The fraction of sp³-hybridized carbons (Fsp3) is 0.524. The first-order valence-electron chi connectivity index (χ1n) is 9.07. The van der Waals surface area contributed by atoms with Crippen LogP contribution in [0.25, 0.3) is 0 Å². The molecule has 0 saturated carbocycles. The van der Waals surface area contributed by atoms with Crippen molar-refractivity contribution in [1.29, 1.82) is 0 Å². The summed E-state index contributed by atoms with van der Waals surface area (Å²) in [7, 11) is 3.36. The molecule has 142 valence electrons. The minimum Gasteiger partial charge on any atom is -0.385 e. The number of imide groups is 1. The van der Waals surface area contributed by atoms with Crippen LogP contribution < -0.4 is 4.90 Å². The van der Waals surface area contributed by atoms with Crippen molar-refractivity contribution in [2.45, 2.75) is 52.1 Å². The third kappa shape index (κ3) is 4.05. The van der Waals surface area contributed by atoms with E-state index in [0.29, 0.717) is 6.61 Å². The SMILES string of the molecule is COCCC(OC)c1cc(C(C)C)c(N2C(=O)C=CC2=O)c(C(C)C)c1. The number of hydrogen-bond acceptors (Lipinski definition) is 4. The lowest BCUT2D eigenvalue weighted by atomic mass is 9.87. The highest BCUT2D eigenvalue weighted by Crippen LogP contribution is 2.40. The quantitative estimate of drug-likeness (QED) is 0.656. The van der Waals surface area contributed by atoms with Crippen LogP contribution in [0.4, 0.5) is 5.69 Å². The van der Waals surface area contributed by atoms with Gasteiger partial charge in [-0.05, 0) is 28.5 Å². The summed E-state index contributed by atoms with van der Waals surface area (Å²) in [6.45, 7) is 8.88. The molecule has 5 heteroatoms. The molecule has 0 radical (unpaired) electrons. The van der Waals surface area contributed by atoms with E-state index in [4.69, 9.17) is 9.47 Å². The van der Waals surface area contributed by atoms with Crippen molar-refractivity contribution in [1.82, 2.24) is 0 Å². The number of carbonyl (C=O) groups is 2. The molecule has 2 rings (SSSR count). The second-order valence-electron chi connectivity index (χ2n) is 7.21. The van der Waals surface area contributed by atoms with Crippen LogP contribution in [0.1, 0.15) is 68.7 Å². The van der Waals surface area contributed by atoms with E-state index in [0.717, 1.165) is 28.8 Å². The summed E-state index contributed by atoms with van der Waals surface area (Å²) in [5.41, 5.74) is 3.74. The van der Waals surface area contributed by atoms with Gasteiger partial charge in [-0.1, -0.05) is 39.8 Å². The molecule has 1 heterocycles. The molecule has 1 atom stereocenters. The molecule has 1 aromatic rings. The van der Waals surface area contributed by atoms with Crippen LogP contribution >= 0.6 is 0 Å². The Morgan fingerprint density at radius 1 is 0.923 bits per heavy atom. The maximum atomic E-state index is 12.3. The van der Waals surface area contributed by atoms with Crippen LogP contribution in [0, 0.1) is 0 Å². The van der Waals surface area contributed by atoms with Gasteiger partial charge in [-0.15, -0.1) is 0 Å². The molecule has 26 heavy (non-hydrogen) atoms. The zero-order valence-electron chi connectivity index (χ0n) is 16.5. The van der Waals surface area contributed by atoms with E-state index < -0.39 is 0 Å². The van der Waals surface area contributed by atoms with Gasteiger partial charge in [0.05, 0.1) is 11.8 Å². The molecular weight excluding hydrogens is 330 g/mol. The third-order valence-corrected chi connectivity index (χ3v) is 4.71. The Morgan fingerprint density at radius 3 is 1.81 bits per heavy atom. The number of amides is 2. The van der Waals surface area contributed by atoms with Gasteiger partial charge in [-0.2, -0.15) is 0 Å². The number of benzene rings is 1. The van der Waals surface area contributed by atoms with Crippen LogP contribution in [-0.4, -0.2) is 32.6 Å². The highest BCUT2D eigenvalue weighted by molar-refractivity contribution is 6.28. The van der Waals surface area contributed by atoms with Crippen LogP contribution in [0.5, 0.6) is 0 Å². The molecule has 5 nitrogen and oxygen atoms in total. The molecule has 0 spiro atoms. The van der Waals surface area contributed by atoms with Crippen molar-refractivity contribution in [3.8, 4) is 0 Å². The molecular formula is C21H29NO4. The summed E-state index contributed by atoms with van der Waals surface area (Å²) in [6.07, 6.45) is 3.31. The summed E-state index contributed by atoms with van der Waals surface area (Å²) in [4.78, 5) is 26.0. The van der Waals surface area contributed by atoms with Crippen molar-refractivity contribution in [3.63, 3.8) is 0 Å². The maximum Gasteiger partial charge on any atom is 0.258 e. The number of ether oxygens (including phenoxy) is 2. The average molecular weight is 359 g/mol. The largest absolute Gasteiger partial charge is 0.385 e. The molecule has 0 aromatic heterocycles. The highest BCUT2D eigenvalue weighted by Gasteiger charge is 2.31. The first-order chi connectivity index (χ1) is 12.3. The van der Waals surface area contributed by atoms with Crippen LogP contribution in [0.2, 0.25) is 0 Å². The molecule has 0 saturated heterocycles. The number of methoxy groups -OCH3 is 2. The predicted octanol–water partition coefficient (Wildman–Crippen LogP) is 4.09. The van der Waals surface area contributed by atoms with Crippen LogP contribution in [0.15, 0.2) is 24.3 Å². The zero-order chi connectivity index (χ0) is 19.4. The van der Waals surface area contributed by atoms with Crippen LogP contribution in [0.3, 0.4) is 0 Å². The Bertz CT molecular complexity index is 659. The van der Waals surface area contributed by atoms with Gasteiger partial charge in [0.2, 0.25) is 0 Å². The molecule has 2 amide bonds. The third-order valence-electron chi connectivity index (χ3n) is 4.71. The second-order valence-corrected chi connectivity index (χ2v) is 7.21. The van der Waals surface area contributed by atoms with E-state index in [9.17, 15) is 9.59 Å². The van der Waals surface area contributed by atoms with E-state index in [2.05, 4.69) is 39.8 Å². The van der Waals surface area contributed by atoms with Crippen molar-refractivity contribution in [2.75, 3.05) is 25.7 Å². The van der Waals surface area contributed by atoms with Gasteiger partial charge in [-0.25, -0.2) is 4.90 Å². The first kappa shape index (κ1) is 20.3. The van der Waals surface area contributed by atoms with Gasteiger partial charge in [0.15, 0.2) is 0 Å². The summed E-state index contributed by atoms with van der Waals surface area (Å²) < 4.78 is 10.9. The van der Waals surface area contributed by atoms with Gasteiger partial charge in [0, 0.05) is 39.4 Å². The molecule has 0 N–H and O–H groups in total. The average Bonchev–Trinajstić information content (AvgIpc) is 2.93. The molecule has 1 aromatic carbocycles. The maximum absolute atomic E-state index is 12.3. The summed E-state index contributed by atoms with van der Waals surface area (Å²) >= 11 is 0. The zero-order valence-corrected chi connectivity index (χ0v) is 16.5. The number of rotatable bonds is 8. The molecule has 1 unspecified atom stereocenters. The Hall–Kier alpha value is -1.98.